The number of nitrogens with one attached hydrogen (secondary N) is 1. The topological polar surface area (TPSA) is 75.7 Å². The Kier molecular flexibility index (Phi) is 8.12. The molecule has 0 saturated heterocycles. The predicted molar refractivity (Wildman–Crippen MR) is 134 cm³/mol. The first kappa shape index (κ1) is 25.5. The molecule has 3 aromatic rings. The highest BCUT2D eigenvalue weighted by Gasteiger charge is 2.30. The van der Waals surface area contributed by atoms with Crippen LogP contribution in [0.5, 0.6) is 5.75 Å². The summed E-state index contributed by atoms with van der Waals surface area (Å²) >= 11 is 0. The SMILES string of the molecule is COc1ccccc1[C@H](C)NC(=O)CN(Cc1ccccc1)S(=O)(=O)c1c(C)cc(C)cc1C. The molecule has 0 aliphatic heterocycles. The van der Waals surface area contributed by atoms with E-state index in [1.807, 2.05) is 80.6 Å². The van der Waals surface area contributed by atoms with E-state index in [0.29, 0.717) is 16.9 Å². The summed E-state index contributed by atoms with van der Waals surface area (Å²) in [5.74, 6) is 0.273. The summed E-state index contributed by atoms with van der Waals surface area (Å²) in [5, 5.41) is 2.92. The van der Waals surface area contributed by atoms with E-state index in [1.54, 1.807) is 21.0 Å². The van der Waals surface area contributed by atoms with Crippen LogP contribution in [-0.4, -0.2) is 32.3 Å². The third-order valence-corrected chi connectivity index (χ3v) is 7.81. The van der Waals surface area contributed by atoms with Crippen LogP contribution in [0.1, 0.15) is 40.8 Å². The van der Waals surface area contributed by atoms with Crippen LogP contribution in [0, 0.1) is 20.8 Å². The van der Waals surface area contributed by atoms with E-state index in [-0.39, 0.29) is 29.9 Å². The Morgan fingerprint density at radius 3 is 2.18 bits per heavy atom. The van der Waals surface area contributed by atoms with Crippen LogP contribution in [-0.2, 0) is 21.4 Å². The molecule has 3 rings (SSSR count). The van der Waals surface area contributed by atoms with E-state index < -0.39 is 10.0 Å². The van der Waals surface area contributed by atoms with Crippen molar-refractivity contribution in [3.8, 4) is 5.75 Å². The second-order valence-corrected chi connectivity index (χ2v) is 10.4. The van der Waals surface area contributed by atoms with E-state index in [2.05, 4.69) is 5.32 Å². The maximum atomic E-state index is 13.8. The van der Waals surface area contributed by atoms with Gasteiger partial charge in [-0.1, -0.05) is 66.2 Å². The van der Waals surface area contributed by atoms with Crippen molar-refractivity contribution in [3.63, 3.8) is 0 Å². The molecular formula is C27H32N2O4S. The first-order valence-electron chi connectivity index (χ1n) is 11.2. The molecule has 180 valence electrons. The molecule has 6 nitrogen and oxygen atoms in total. The molecule has 0 spiro atoms. The van der Waals surface area contributed by atoms with Gasteiger partial charge in [0.15, 0.2) is 0 Å². The van der Waals surface area contributed by atoms with Gasteiger partial charge in [-0.25, -0.2) is 8.42 Å². The van der Waals surface area contributed by atoms with Gasteiger partial charge in [-0.3, -0.25) is 4.79 Å². The highest BCUT2D eigenvalue weighted by molar-refractivity contribution is 7.89. The van der Waals surface area contributed by atoms with Crippen LogP contribution in [0.15, 0.2) is 71.6 Å². The van der Waals surface area contributed by atoms with Crippen LogP contribution < -0.4 is 10.1 Å². The molecule has 1 N–H and O–H groups in total. The number of carbonyl (C=O) groups is 1. The third-order valence-electron chi connectivity index (χ3n) is 5.71. The van der Waals surface area contributed by atoms with Crippen molar-refractivity contribution < 1.29 is 17.9 Å². The molecule has 1 atom stereocenters. The smallest absolute Gasteiger partial charge is 0.244 e. The molecule has 7 heteroatoms. The van der Waals surface area contributed by atoms with Crippen molar-refractivity contribution >= 4 is 15.9 Å². The molecule has 0 heterocycles. The van der Waals surface area contributed by atoms with E-state index in [0.717, 1.165) is 16.7 Å². The van der Waals surface area contributed by atoms with Gasteiger partial charge in [0.05, 0.1) is 24.6 Å². The Bertz CT molecular complexity index is 1230. The van der Waals surface area contributed by atoms with Crippen molar-refractivity contribution in [2.45, 2.75) is 45.2 Å². The molecule has 1 amide bonds. The average Bonchev–Trinajstić information content (AvgIpc) is 2.78. The number of hydrogen-bond donors (Lipinski definition) is 1. The lowest BCUT2D eigenvalue weighted by molar-refractivity contribution is -0.122. The average molecular weight is 481 g/mol. The zero-order chi connectivity index (χ0) is 24.9. The number of methoxy groups -OCH3 is 1. The predicted octanol–water partition coefficient (Wildman–Crippen LogP) is 4.69. The van der Waals surface area contributed by atoms with Gasteiger partial charge >= 0.3 is 0 Å². The van der Waals surface area contributed by atoms with Gasteiger partial charge in [0.25, 0.3) is 0 Å². The summed E-state index contributed by atoms with van der Waals surface area (Å²) < 4.78 is 34.3. The number of ether oxygens (including phenoxy) is 1. The lowest BCUT2D eigenvalue weighted by Gasteiger charge is -2.25. The minimum atomic E-state index is -3.94. The number of amides is 1. The number of para-hydroxylation sites is 1. The Balaban J connectivity index is 1.91. The Morgan fingerprint density at radius 1 is 0.971 bits per heavy atom. The Morgan fingerprint density at radius 2 is 1.56 bits per heavy atom. The van der Waals surface area contributed by atoms with E-state index in [9.17, 15) is 13.2 Å². The summed E-state index contributed by atoms with van der Waals surface area (Å²) in [7, 11) is -2.36. The minimum Gasteiger partial charge on any atom is -0.496 e. The van der Waals surface area contributed by atoms with Gasteiger partial charge in [-0.05, 0) is 50.5 Å². The molecule has 0 radical (unpaired) electrons. The molecule has 0 fully saturated rings. The number of benzene rings is 3. The van der Waals surface area contributed by atoms with E-state index in [4.69, 9.17) is 4.74 Å². The Labute approximate surface area is 202 Å². The summed E-state index contributed by atoms with van der Waals surface area (Å²) in [5.41, 5.74) is 3.95. The monoisotopic (exact) mass is 480 g/mol. The molecule has 0 bridgehead atoms. The summed E-state index contributed by atoms with van der Waals surface area (Å²) in [6.07, 6.45) is 0. The number of nitrogens with zero attached hydrogens (tertiary/aromatic N) is 1. The Hall–Kier alpha value is -3.16. The molecule has 0 saturated carbocycles. The highest BCUT2D eigenvalue weighted by Crippen LogP contribution is 2.27. The lowest BCUT2D eigenvalue weighted by atomic mass is 10.1. The highest BCUT2D eigenvalue weighted by atomic mass is 32.2. The summed E-state index contributed by atoms with van der Waals surface area (Å²) in [6.45, 7) is 7.15. The molecule has 0 unspecified atom stereocenters. The normalized spacial score (nSPS) is 12.4. The van der Waals surface area contributed by atoms with Crippen LogP contribution in [0.3, 0.4) is 0 Å². The lowest BCUT2D eigenvalue weighted by Crippen LogP contribution is -2.41. The number of hydrogen-bond acceptors (Lipinski definition) is 4. The maximum Gasteiger partial charge on any atom is 0.244 e. The number of rotatable bonds is 9. The second-order valence-electron chi connectivity index (χ2n) is 8.52. The molecule has 34 heavy (non-hydrogen) atoms. The van der Waals surface area contributed by atoms with E-state index in [1.165, 1.54) is 4.31 Å². The van der Waals surface area contributed by atoms with Gasteiger partial charge in [-0.2, -0.15) is 4.31 Å². The zero-order valence-electron chi connectivity index (χ0n) is 20.3. The van der Waals surface area contributed by atoms with E-state index >= 15 is 0 Å². The van der Waals surface area contributed by atoms with Gasteiger partial charge in [0.1, 0.15) is 5.75 Å². The summed E-state index contributed by atoms with van der Waals surface area (Å²) in [6, 6.07) is 20.1. The van der Waals surface area contributed by atoms with Crippen molar-refractivity contribution in [1.82, 2.24) is 9.62 Å². The fraction of sp³-hybridized carbons (Fsp3) is 0.296. The largest absolute Gasteiger partial charge is 0.496 e. The molecular weight excluding hydrogens is 448 g/mol. The van der Waals surface area contributed by atoms with Crippen LogP contribution in [0.25, 0.3) is 0 Å². The van der Waals surface area contributed by atoms with Crippen molar-refractivity contribution in [3.05, 3.63) is 94.5 Å². The number of carbonyl (C=O) groups excluding carboxylic acids is 1. The van der Waals surface area contributed by atoms with Crippen LogP contribution in [0.4, 0.5) is 0 Å². The van der Waals surface area contributed by atoms with Crippen LogP contribution >= 0.6 is 0 Å². The quantitative estimate of drug-likeness (QED) is 0.482. The first-order chi connectivity index (χ1) is 16.1. The molecule has 3 aromatic carbocycles. The maximum absolute atomic E-state index is 13.8. The van der Waals surface area contributed by atoms with Gasteiger partial charge in [0, 0.05) is 12.1 Å². The number of sulfonamides is 1. The molecule has 0 aromatic heterocycles. The third kappa shape index (κ3) is 5.85. The minimum absolute atomic E-state index is 0.0897. The second kappa shape index (κ2) is 10.8. The van der Waals surface area contributed by atoms with Crippen LogP contribution in [0.2, 0.25) is 0 Å². The zero-order valence-corrected chi connectivity index (χ0v) is 21.1. The van der Waals surface area contributed by atoms with Crippen molar-refractivity contribution in [2.75, 3.05) is 13.7 Å². The molecule has 0 aliphatic carbocycles. The van der Waals surface area contributed by atoms with Gasteiger partial charge < -0.3 is 10.1 Å². The van der Waals surface area contributed by atoms with Crippen molar-refractivity contribution in [1.29, 1.82) is 0 Å². The summed E-state index contributed by atoms with van der Waals surface area (Å²) in [4.78, 5) is 13.3. The fourth-order valence-electron chi connectivity index (χ4n) is 4.26. The standard InChI is InChI=1S/C27H32N2O4S/c1-19-15-20(2)27(21(3)16-19)34(31,32)29(17-23-11-7-6-8-12-23)18-26(30)28-22(4)24-13-9-10-14-25(24)33-5/h6-16,22H,17-18H2,1-5H3,(H,28,30)/t22-/m0/s1. The molecule has 0 aliphatic rings. The number of aryl methyl sites for hydroxylation is 3. The fourth-order valence-corrected chi connectivity index (χ4v) is 6.06. The van der Waals surface area contributed by atoms with Crippen molar-refractivity contribution in [2.24, 2.45) is 0 Å². The van der Waals surface area contributed by atoms with Gasteiger partial charge in [-0.15, -0.1) is 0 Å². The first-order valence-corrected chi connectivity index (χ1v) is 12.6. The van der Waals surface area contributed by atoms with Gasteiger partial charge in [0.2, 0.25) is 15.9 Å².